The highest BCUT2D eigenvalue weighted by atomic mass is 16.4. The molecule has 1 aromatic rings. The van der Waals surface area contributed by atoms with Crippen LogP contribution in [0.25, 0.3) is 0 Å². The fourth-order valence-corrected chi connectivity index (χ4v) is 2.36. The molecule has 0 spiro atoms. The first-order valence-electron chi connectivity index (χ1n) is 5.37. The van der Waals surface area contributed by atoms with E-state index in [0.717, 1.165) is 11.1 Å². The van der Waals surface area contributed by atoms with E-state index in [-0.39, 0.29) is 12.2 Å². The van der Waals surface area contributed by atoms with Crippen molar-refractivity contribution < 1.29 is 14.7 Å². The fourth-order valence-electron chi connectivity index (χ4n) is 2.36. The van der Waals surface area contributed by atoms with Crippen molar-refractivity contribution in [2.75, 3.05) is 0 Å². The summed E-state index contributed by atoms with van der Waals surface area (Å²) >= 11 is 0. The van der Waals surface area contributed by atoms with E-state index in [4.69, 9.17) is 0 Å². The lowest BCUT2D eigenvalue weighted by molar-refractivity contribution is -0.144. The zero-order chi connectivity index (χ0) is 11.8. The molecular formula is C13H14O3. The van der Waals surface area contributed by atoms with Crippen LogP contribution in [0, 0.1) is 6.92 Å². The Balaban J connectivity index is 2.48. The zero-order valence-corrected chi connectivity index (χ0v) is 9.19. The van der Waals surface area contributed by atoms with E-state index in [1.807, 2.05) is 25.1 Å². The lowest BCUT2D eigenvalue weighted by atomic mass is 9.78. The SMILES string of the molecule is Cc1cccc(C2(C(=O)O)CCC(=O)C2)c1. The van der Waals surface area contributed by atoms with Crippen molar-refractivity contribution in [2.24, 2.45) is 0 Å². The van der Waals surface area contributed by atoms with Gasteiger partial charge in [-0.05, 0) is 18.9 Å². The summed E-state index contributed by atoms with van der Waals surface area (Å²) in [6, 6.07) is 7.44. The highest BCUT2D eigenvalue weighted by Crippen LogP contribution is 2.39. The predicted octanol–water partition coefficient (Wildman–Crippen LogP) is 2.07. The van der Waals surface area contributed by atoms with Gasteiger partial charge in [-0.25, -0.2) is 0 Å². The van der Waals surface area contributed by atoms with Crippen LogP contribution in [-0.2, 0) is 15.0 Å². The highest BCUT2D eigenvalue weighted by Gasteiger charge is 2.46. The van der Waals surface area contributed by atoms with Gasteiger partial charge in [0.25, 0.3) is 0 Å². The van der Waals surface area contributed by atoms with Gasteiger partial charge in [-0.3, -0.25) is 9.59 Å². The number of rotatable bonds is 2. The average molecular weight is 218 g/mol. The Morgan fingerprint density at radius 2 is 2.19 bits per heavy atom. The second kappa shape index (κ2) is 3.74. The van der Waals surface area contributed by atoms with Crippen molar-refractivity contribution in [3.63, 3.8) is 0 Å². The van der Waals surface area contributed by atoms with Gasteiger partial charge in [0.2, 0.25) is 0 Å². The number of aryl methyl sites for hydroxylation is 1. The number of carboxylic acid groups (broad SMARTS) is 1. The third-order valence-corrected chi connectivity index (χ3v) is 3.31. The molecule has 0 bridgehead atoms. The predicted molar refractivity (Wildman–Crippen MR) is 59.4 cm³/mol. The molecule has 1 atom stereocenters. The molecule has 2 rings (SSSR count). The van der Waals surface area contributed by atoms with Gasteiger partial charge in [-0.2, -0.15) is 0 Å². The quantitative estimate of drug-likeness (QED) is 0.826. The molecule has 1 saturated carbocycles. The van der Waals surface area contributed by atoms with E-state index < -0.39 is 11.4 Å². The van der Waals surface area contributed by atoms with E-state index in [2.05, 4.69) is 0 Å². The Morgan fingerprint density at radius 3 is 2.69 bits per heavy atom. The number of ketones is 1. The Morgan fingerprint density at radius 1 is 1.44 bits per heavy atom. The summed E-state index contributed by atoms with van der Waals surface area (Å²) in [6.07, 6.45) is 0.927. The number of carbonyl (C=O) groups is 2. The molecule has 1 N–H and O–H groups in total. The van der Waals surface area contributed by atoms with Crippen LogP contribution in [0.5, 0.6) is 0 Å². The van der Waals surface area contributed by atoms with Crippen LogP contribution < -0.4 is 0 Å². The summed E-state index contributed by atoms with van der Waals surface area (Å²) in [7, 11) is 0. The number of hydrogen-bond donors (Lipinski definition) is 1. The maximum absolute atomic E-state index is 11.4. The van der Waals surface area contributed by atoms with Gasteiger partial charge in [0.05, 0.1) is 5.41 Å². The van der Waals surface area contributed by atoms with Crippen molar-refractivity contribution >= 4 is 11.8 Å². The number of hydrogen-bond acceptors (Lipinski definition) is 2. The van der Waals surface area contributed by atoms with Crippen molar-refractivity contribution in [3.05, 3.63) is 35.4 Å². The Hall–Kier alpha value is -1.64. The molecule has 1 aromatic carbocycles. The van der Waals surface area contributed by atoms with E-state index in [1.54, 1.807) is 6.07 Å². The monoisotopic (exact) mass is 218 g/mol. The minimum absolute atomic E-state index is 0.0453. The van der Waals surface area contributed by atoms with Crippen LogP contribution in [-0.4, -0.2) is 16.9 Å². The van der Waals surface area contributed by atoms with Crippen LogP contribution >= 0.6 is 0 Å². The van der Waals surface area contributed by atoms with Crippen LogP contribution in [0.4, 0.5) is 0 Å². The van der Waals surface area contributed by atoms with Crippen LogP contribution in [0.15, 0.2) is 24.3 Å². The van der Waals surface area contributed by atoms with Gasteiger partial charge >= 0.3 is 5.97 Å². The standard InChI is InChI=1S/C13H14O3/c1-9-3-2-4-10(7-9)13(12(15)16)6-5-11(14)8-13/h2-4,7H,5-6,8H2,1H3,(H,15,16). The van der Waals surface area contributed by atoms with E-state index in [0.29, 0.717) is 12.8 Å². The first-order chi connectivity index (χ1) is 7.54. The van der Waals surface area contributed by atoms with Crippen LogP contribution in [0.1, 0.15) is 30.4 Å². The van der Waals surface area contributed by atoms with Crippen molar-refractivity contribution in [3.8, 4) is 0 Å². The molecule has 84 valence electrons. The van der Waals surface area contributed by atoms with E-state index >= 15 is 0 Å². The van der Waals surface area contributed by atoms with E-state index in [1.165, 1.54) is 0 Å². The molecule has 0 amide bonds. The lowest BCUT2D eigenvalue weighted by Crippen LogP contribution is -2.33. The summed E-state index contributed by atoms with van der Waals surface area (Å²) in [5.74, 6) is -0.840. The minimum atomic E-state index is -0.983. The number of benzene rings is 1. The minimum Gasteiger partial charge on any atom is -0.481 e. The largest absolute Gasteiger partial charge is 0.481 e. The summed E-state index contributed by atoms with van der Waals surface area (Å²) in [5.41, 5.74) is 0.798. The average Bonchev–Trinajstić information content (AvgIpc) is 2.62. The zero-order valence-electron chi connectivity index (χ0n) is 9.19. The van der Waals surface area contributed by atoms with Gasteiger partial charge in [-0.1, -0.05) is 29.8 Å². The Kier molecular flexibility index (Phi) is 2.54. The number of carbonyl (C=O) groups excluding carboxylic acids is 1. The van der Waals surface area contributed by atoms with Gasteiger partial charge < -0.3 is 5.11 Å². The van der Waals surface area contributed by atoms with E-state index in [9.17, 15) is 14.7 Å². The molecule has 1 aliphatic carbocycles. The summed E-state index contributed by atoms with van der Waals surface area (Å²) < 4.78 is 0. The molecule has 3 nitrogen and oxygen atoms in total. The number of Topliss-reactive ketones (excluding diaryl/α,β-unsaturated/α-hetero) is 1. The summed E-state index contributed by atoms with van der Waals surface area (Å²) in [5, 5.41) is 9.37. The molecule has 16 heavy (non-hydrogen) atoms. The molecule has 1 aliphatic rings. The molecular weight excluding hydrogens is 204 g/mol. The lowest BCUT2D eigenvalue weighted by Gasteiger charge is -2.23. The summed E-state index contributed by atoms with van der Waals surface area (Å²) in [4.78, 5) is 22.8. The third kappa shape index (κ3) is 1.62. The molecule has 0 aromatic heterocycles. The molecule has 0 heterocycles. The molecule has 0 saturated heterocycles. The molecule has 3 heteroatoms. The first-order valence-corrected chi connectivity index (χ1v) is 5.37. The van der Waals surface area contributed by atoms with Crippen molar-refractivity contribution in [2.45, 2.75) is 31.6 Å². The molecule has 0 aliphatic heterocycles. The number of carboxylic acids is 1. The van der Waals surface area contributed by atoms with Crippen molar-refractivity contribution in [1.82, 2.24) is 0 Å². The number of aliphatic carboxylic acids is 1. The first kappa shape index (κ1) is 10.9. The van der Waals surface area contributed by atoms with Crippen molar-refractivity contribution in [1.29, 1.82) is 0 Å². The molecule has 1 unspecified atom stereocenters. The highest BCUT2D eigenvalue weighted by molar-refractivity contribution is 5.94. The topological polar surface area (TPSA) is 54.4 Å². The fraction of sp³-hybridized carbons (Fsp3) is 0.385. The van der Waals surface area contributed by atoms with Gasteiger partial charge in [0, 0.05) is 12.8 Å². The molecule has 1 fully saturated rings. The van der Waals surface area contributed by atoms with Gasteiger partial charge in [0.1, 0.15) is 5.78 Å². The Labute approximate surface area is 94.1 Å². The van der Waals surface area contributed by atoms with Gasteiger partial charge in [0.15, 0.2) is 0 Å². The van der Waals surface area contributed by atoms with Crippen LogP contribution in [0.3, 0.4) is 0 Å². The summed E-state index contributed by atoms with van der Waals surface area (Å²) in [6.45, 7) is 1.93. The maximum atomic E-state index is 11.4. The van der Waals surface area contributed by atoms with Crippen LogP contribution in [0.2, 0.25) is 0 Å². The molecule has 0 radical (unpaired) electrons. The second-order valence-corrected chi connectivity index (χ2v) is 4.47. The third-order valence-electron chi connectivity index (χ3n) is 3.31. The smallest absolute Gasteiger partial charge is 0.314 e. The maximum Gasteiger partial charge on any atom is 0.314 e. The second-order valence-electron chi connectivity index (χ2n) is 4.47. The normalized spacial score (nSPS) is 24.7. The Bertz CT molecular complexity index is 450. The van der Waals surface area contributed by atoms with Gasteiger partial charge in [-0.15, -0.1) is 0 Å².